The van der Waals surface area contributed by atoms with E-state index >= 15 is 0 Å². The summed E-state index contributed by atoms with van der Waals surface area (Å²) < 4.78 is 10.9. The van der Waals surface area contributed by atoms with Crippen molar-refractivity contribution in [3.05, 3.63) is 18.2 Å². The molecule has 1 aromatic heterocycles. The summed E-state index contributed by atoms with van der Waals surface area (Å²) in [4.78, 5) is 6.88. The van der Waals surface area contributed by atoms with Crippen LogP contribution in [-0.4, -0.2) is 43.1 Å². The Hall–Kier alpha value is -2.44. The molecule has 100 valence electrons. The van der Waals surface area contributed by atoms with Gasteiger partial charge in [0.05, 0.1) is 5.69 Å². The maximum Gasteiger partial charge on any atom is 0.231 e. The summed E-state index contributed by atoms with van der Waals surface area (Å²) in [6.07, 6.45) is 0. The average Bonchev–Trinajstić information content (AvgIpc) is 3.06. The van der Waals surface area contributed by atoms with Gasteiger partial charge in [0.1, 0.15) is 0 Å². The van der Waals surface area contributed by atoms with Crippen LogP contribution in [0.5, 0.6) is 11.5 Å². The van der Waals surface area contributed by atoms with Crippen LogP contribution in [0.3, 0.4) is 0 Å². The Bertz CT molecular complexity index is 596. The summed E-state index contributed by atoms with van der Waals surface area (Å²) in [6, 6.07) is 5.75. The Morgan fingerprint density at radius 3 is 2.63 bits per heavy atom. The number of hydrogen-bond acceptors (Lipinski definition) is 6. The number of aromatic amines is 1. The van der Waals surface area contributed by atoms with Crippen molar-refractivity contribution in [2.45, 2.75) is 0 Å². The molecular formula is C12H15N5O2. The number of para-hydroxylation sites is 1. The number of hydrogen-bond donors (Lipinski definition) is 1. The van der Waals surface area contributed by atoms with Gasteiger partial charge in [-0.15, -0.1) is 10.2 Å². The lowest BCUT2D eigenvalue weighted by molar-refractivity contribution is 0.174. The predicted octanol–water partition coefficient (Wildman–Crippen LogP) is 1.37. The molecule has 0 amide bonds. The molecule has 3 rings (SSSR count). The number of benzene rings is 1. The van der Waals surface area contributed by atoms with E-state index in [1.54, 1.807) is 0 Å². The van der Waals surface area contributed by atoms with Crippen molar-refractivity contribution in [2.75, 3.05) is 37.7 Å². The number of nitrogens with zero attached hydrogens (tertiary/aromatic N) is 4. The van der Waals surface area contributed by atoms with E-state index < -0.39 is 0 Å². The van der Waals surface area contributed by atoms with Crippen molar-refractivity contribution >= 4 is 17.6 Å². The van der Waals surface area contributed by atoms with Gasteiger partial charge in [-0.05, 0) is 12.1 Å². The molecule has 19 heavy (non-hydrogen) atoms. The summed E-state index contributed by atoms with van der Waals surface area (Å²) in [7, 11) is 5.71. The van der Waals surface area contributed by atoms with Crippen LogP contribution in [0.1, 0.15) is 0 Å². The van der Waals surface area contributed by atoms with Crippen LogP contribution in [0, 0.1) is 0 Å². The molecule has 0 fully saturated rings. The minimum atomic E-state index is 0.250. The summed E-state index contributed by atoms with van der Waals surface area (Å²) >= 11 is 0. The molecule has 0 spiro atoms. The third-order valence-electron chi connectivity index (χ3n) is 2.94. The van der Waals surface area contributed by atoms with E-state index in [-0.39, 0.29) is 6.79 Å². The first-order valence-corrected chi connectivity index (χ1v) is 5.89. The standard InChI is InChI=1S/C12H15N5O2/c1-16(2)11-13-12(15-14-11)17(3)8-5-4-6-9-10(8)19-7-18-9/h4-6H,7H2,1-3H3,(H,13,14,15). The summed E-state index contributed by atoms with van der Waals surface area (Å²) in [5.41, 5.74) is 0.886. The number of anilines is 3. The van der Waals surface area contributed by atoms with Gasteiger partial charge in [0, 0.05) is 21.1 Å². The highest BCUT2D eigenvalue weighted by atomic mass is 16.7. The van der Waals surface area contributed by atoms with Crippen LogP contribution in [0.4, 0.5) is 17.6 Å². The minimum absolute atomic E-state index is 0.250. The highest BCUT2D eigenvalue weighted by molar-refractivity contribution is 5.70. The molecule has 2 heterocycles. The second-order valence-electron chi connectivity index (χ2n) is 4.44. The fraction of sp³-hybridized carbons (Fsp3) is 0.333. The lowest BCUT2D eigenvalue weighted by atomic mass is 10.2. The van der Waals surface area contributed by atoms with Crippen molar-refractivity contribution in [1.29, 1.82) is 0 Å². The maximum atomic E-state index is 5.49. The van der Waals surface area contributed by atoms with Gasteiger partial charge in [0.15, 0.2) is 11.5 Å². The monoisotopic (exact) mass is 261 g/mol. The van der Waals surface area contributed by atoms with Crippen LogP contribution in [-0.2, 0) is 0 Å². The molecule has 0 radical (unpaired) electrons. The first-order chi connectivity index (χ1) is 9.16. The number of aromatic nitrogens is 3. The molecule has 0 saturated heterocycles. The number of ether oxygens (including phenoxy) is 2. The van der Waals surface area contributed by atoms with Crippen molar-refractivity contribution in [3.8, 4) is 11.5 Å². The Balaban J connectivity index is 1.95. The van der Waals surface area contributed by atoms with E-state index in [2.05, 4.69) is 15.2 Å². The van der Waals surface area contributed by atoms with E-state index in [1.807, 2.05) is 49.1 Å². The molecule has 1 aliphatic rings. The van der Waals surface area contributed by atoms with Gasteiger partial charge in [0.2, 0.25) is 18.7 Å². The van der Waals surface area contributed by atoms with Crippen molar-refractivity contribution in [2.24, 2.45) is 0 Å². The molecule has 7 heteroatoms. The Labute approximate surface area is 110 Å². The lowest BCUT2D eigenvalue weighted by Crippen LogP contribution is -2.13. The lowest BCUT2D eigenvalue weighted by Gasteiger charge is -2.17. The number of nitrogens with one attached hydrogen (secondary N) is 1. The van der Waals surface area contributed by atoms with E-state index in [9.17, 15) is 0 Å². The van der Waals surface area contributed by atoms with Gasteiger partial charge in [-0.2, -0.15) is 0 Å². The van der Waals surface area contributed by atoms with Crippen molar-refractivity contribution in [1.82, 2.24) is 15.2 Å². The fourth-order valence-corrected chi connectivity index (χ4v) is 1.89. The summed E-state index contributed by atoms with van der Waals surface area (Å²) in [5.74, 6) is 2.82. The third-order valence-corrected chi connectivity index (χ3v) is 2.94. The molecule has 0 aliphatic carbocycles. The quantitative estimate of drug-likeness (QED) is 0.900. The SMILES string of the molecule is CN(C)c1nnc(N(C)c2cccc3c2OCO3)[nH]1. The first kappa shape index (κ1) is 11.6. The van der Waals surface area contributed by atoms with E-state index in [0.29, 0.717) is 11.9 Å². The van der Waals surface area contributed by atoms with Crippen molar-refractivity contribution in [3.63, 3.8) is 0 Å². The van der Waals surface area contributed by atoms with Gasteiger partial charge >= 0.3 is 0 Å². The molecule has 7 nitrogen and oxygen atoms in total. The summed E-state index contributed by atoms with van der Waals surface area (Å²) in [6.45, 7) is 0.250. The maximum absolute atomic E-state index is 5.49. The topological polar surface area (TPSA) is 66.5 Å². The smallest absolute Gasteiger partial charge is 0.231 e. The van der Waals surface area contributed by atoms with E-state index in [4.69, 9.17) is 9.47 Å². The molecule has 0 bridgehead atoms. The van der Waals surface area contributed by atoms with Gasteiger partial charge in [-0.3, -0.25) is 4.98 Å². The normalized spacial score (nSPS) is 12.6. The Morgan fingerprint density at radius 1 is 1.11 bits per heavy atom. The zero-order chi connectivity index (χ0) is 13.4. The third kappa shape index (κ3) is 1.92. The molecule has 0 saturated carbocycles. The Morgan fingerprint density at radius 2 is 1.89 bits per heavy atom. The van der Waals surface area contributed by atoms with Gasteiger partial charge in [0.25, 0.3) is 0 Å². The van der Waals surface area contributed by atoms with Crippen LogP contribution < -0.4 is 19.3 Å². The van der Waals surface area contributed by atoms with Gasteiger partial charge in [-0.25, -0.2) is 0 Å². The zero-order valence-electron chi connectivity index (χ0n) is 11.0. The van der Waals surface area contributed by atoms with Crippen LogP contribution >= 0.6 is 0 Å². The highest BCUT2D eigenvalue weighted by Gasteiger charge is 2.21. The Kier molecular flexibility index (Phi) is 2.66. The predicted molar refractivity (Wildman–Crippen MR) is 71.3 cm³/mol. The average molecular weight is 261 g/mol. The van der Waals surface area contributed by atoms with Gasteiger partial charge < -0.3 is 19.3 Å². The number of rotatable bonds is 3. The minimum Gasteiger partial charge on any atom is -0.454 e. The summed E-state index contributed by atoms with van der Waals surface area (Å²) in [5, 5.41) is 8.18. The molecule has 0 atom stereocenters. The fourth-order valence-electron chi connectivity index (χ4n) is 1.89. The number of fused-ring (bicyclic) bond motifs is 1. The molecule has 1 aromatic carbocycles. The zero-order valence-corrected chi connectivity index (χ0v) is 11.0. The van der Waals surface area contributed by atoms with Crippen LogP contribution in [0.25, 0.3) is 0 Å². The second kappa shape index (κ2) is 4.34. The molecule has 1 N–H and O–H groups in total. The molecular weight excluding hydrogens is 246 g/mol. The largest absolute Gasteiger partial charge is 0.454 e. The van der Waals surface area contributed by atoms with Crippen LogP contribution in [0.2, 0.25) is 0 Å². The molecule has 2 aromatic rings. The van der Waals surface area contributed by atoms with E-state index in [0.717, 1.165) is 17.2 Å². The molecule has 0 unspecified atom stereocenters. The van der Waals surface area contributed by atoms with Crippen LogP contribution in [0.15, 0.2) is 18.2 Å². The molecule has 1 aliphatic heterocycles. The van der Waals surface area contributed by atoms with Crippen molar-refractivity contribution < 1.29 is 9.47 Å². The second-order valence-corrected chi connectivity index (χ2v) is 4.44. The van der Waals surface area contributed by atoms with Gasteiger partial charge in [-0.1, -0.05) is 6.07 Å². The first-order valence-electron chi connectivity index (χ1n) is 5.89. The number of H-pyrrole nitrogens is 1. The highest BCUT2D eigenvalue weighted by Crippen LogP contribution is 2.42. The van der Waals surface area contributed by atoms with E-state index in [1.165, 1.54) is 0 Å².